The van der Waals surface area contributed by atoms with Crippen LogP contribution in [0.2, 0.25) is 0 Å². The van der Waals surface area contributed by atoms with Gasteiger partial charge in [-0.15, -0.1) is 0 Å². The van der Waals surface area contributed by atoms with Crippen LogP contribution in [0, 0.1) is 0 Å². The second kappa shape index (κ2) is 7.42. The van der Waals surface area contributed by atoms with Crippen molar-refractivity contribution in [2.45, 2.75) is 45.6 Å². The highest BCUT2D eigenvalue weighted by molar-refractivity contribution is 5.47. The van der Waals surface area contributed by atoms with Crippen molar-refractivity contribution in [3.05, 3.63) is 29.8 Å². The quantitative estimate of drug-likeness (QED) is 0.873. The number of rotatable bonds is 4. The minimum Gasteiger partial charge on any atom is -0.372 e. The van der Waals surface area contributed by atoms with Gasteiger partial charge in [-0.05, 0) is 37.1 Å². The van der Waals surface area contributed by atoms with Crippen molar-refractivity contribution in [1.82, 2.24) is 5.32 Å². The fourth-order valence-electron chi connectivity index (χ4n) is 2.60. The Morgan fingerprint density at radius 2 is 1.56 bits per heavy atom. The summed E-state index contributed by atoms with van der Waals surface area (Å²) in [4.78, 5) is 2.55. The van der Waals surface area contributed by atoms with E-state index in [4.69, 9.17) is 0 Å². The molecule has 1 aliphatic rings. The summed E-state index contributed by atoms with van der Waals surface area (Å²) in [7, 11) is 0. The zero-order valence-electron chi connectivity index (χ0n) is 11.6. The highest BCUT2D eigenvalue weighted by Gasteiger charge is 2.08. The second-order valence-electron chi connectivity index (χ2n) is 5.20. The Balaban J connectivity index is 1.94. The van der Waals surface area contributed by atoms with E-state index in [9.17, 15) is 0 Å². The van der Waals surface area contributed by atoms with Crippen LogP contribution in [0.3, 0.4) is 0 Å². The topological polar surface area (TPSA) is 15.3 Å². The molecule has 1 aliphatic heterocycles. The summed E-state index contributed by atoms with van der Waals surface area (Å²) in [5.74, 6) is 0. The SMILES string of the molecule is CCNCc1ccc(N2CCCCCCC2)cc1. The van der Waals surface area contributed by atoms with Crippen molar-refractivity contribution in [1.29, 1.82) is 0 Å². The zero-order valence-corrected chi connectivity index (χ0v) is 11.6. The molecule has 1 aromatic rings. The molecule has 0 aromatic heterocycles. The van der Waals surface area contributed by atoms with E-state index in [1.807, 2.05) is 0 Å². The second-order valence-corrected chi connectivity index (χ2v) is 5.20. The molecule has 1 aromatic carbocycles. The van der Waals surface area contributed by atoms with Crippen molar-refractivity contribution in [3.63, 3.8) is 0 Å². The zero-order chi connectivity index (χ0) is 12.6. The van der Waals surface area contributed by atoms with E-state index < -0.39 is 0 Å². The first-order chi connectivity index (χ1) is 8.90. The lowest BCUT2D eigenvalue weighted by Crippen LogP contribution is -2.26. The van der Waals surface area contributed by atoms with E-state index in [-0.39, 0.29) is 0 Å². The maximum absolute atomic E-state index is 3.37. The molecular formula is C16H26N2. The minimum atomic E-state index is 0.983. The predicted octanol–water partition coefficient (Wildman–Crippen LogP) is 3.57. The number of anilines is 1. The Morgan fingerprint density at radius 1 is 0.944 bits per heavy atom. The smallest absolute Gasteiger partial charge is 0.0366 e. The van der Waals surface area contributed by atoms with Crippen molar-refractivity contribution in [2.24, 2.45) is 0 Å². The van der Waals surface area contributed by atoms with E-state index in [0.29, 0.717) is 0 Å². The third-order valence-electron chi connectivity index (χ3n) is 3.74. The van der Waals surface area contributed by atoms with E-state index in [2.05, 4.69) is 41.4 Å². The van der Waals surface area contributed by atoms with Crippen LogP contribution in [-0.4, -0.2) is 19.6 Å². The van der Waals surface area contributed by atoms with Crippen molar-refractivity contribution in [3.8, 4) is 0 Å². The van der Waals surface area contributed by atoms with Gasteiger partial charge in [0.15, 0.2) is 0 Å². The summed E-state index contributed by atoms with van der Waals surface area (Å²) in [6, 6.07) is 9.09. The normalized spacial score (nSPS) is 17.3. The summed E-state index contributed by atoms with van der Waals surface area (Å²) in [5.41, 5.74) is 2.78. The van der Waals surface area contributed by atoms with Gasteiger partial charge in [-0.1, -0.05) is 38.3 Å². The van der Waals surface area contributed by atoms with Crippen LogP contribution in [0.4, 0.5) is 5.69 Å². The molecule has 0 amide bonds. The Kier molecular flexibility index (Phi) is 5.53. The molecule has 100 valence electrons. The number of hydrogen-bond acceptors (Lipinski definition) is 2. The van der Waals surface area contributed by atoms with Crippen LogP contribution in [-0.2, 0) is 6.54 Å². The summed E-state index contributed by atoms with van der Waals surface area (Å²) < 4.78 is 0. The Morgan fingerprint density at radius 3 is 2.17 bits per heavy atom. The number of benzene rings is 1. The lowest BCUT2D eigenvalue weighted by atomic mass is 10.1. The average molecular weight is 246 g/mol. The molecule has 2 heteroatoms. The van der Waals surface area contributed by atoms with E-state index >= 15 is 0 Å². The molecule has 1 N–H and O–H groups in total. The summed E-state index contributed by atoms with van der Waals surface area (Å²) >= 11 is 0. The number of nitrogens with zero attached hydrogens (tertiary/aromatic N) is 1. The van der Waals surface area contributed by atoms with Crippen LogP contribution < -0.4 is 10.2 Å². The van der Waals surface area contributed by atoms with Gasteiger partial charge in [0.2, 0.25) is 0 Å². The van der Waals surface area contributed by atoms with Crippen molar-refractivity contribution in [2.75, 3.05) is 24.5 Å². The fraction of sp³-hybridized carbons (Fsp3) is 0.625. The third kappa shape index (κ3) is 4.02. The summed E-state index contributed by atoms with van der Waals surface area (Å²) in [6.07, 6.45) is 6.91. The van der Waals surface area contributed by atoms with Crippen LogP contribution >= 0.6 is 0 Å². The monoisotopic (exact) mass is 246 g/mol. The van der Waals surface area contributed by atoms with Gasteiger partial charge in [0.1, 0.15) is 0 Å². The van der Waals surface area contributed by atoms with Gasteiger partial charge >= 0.3 is 0 Å². The molecule has 0 aliphatic carbocycles. The van der Waals surface area contributed by atoms with Gasteiger partial charge in [-0.3, -0.25) is 0 Å². The molecule has 2 rings (SSSR count). The van der Waals surface area contributed by atoms with Gasteiger partial charge < -0.3 is 10.2 Å². The predicted molar refractivity (Wildman–Crippen MR) is 79.1 cm³/mol. The molecule has 0 spiro atoms. The first-order valence-corrected chi connectivity index (χ1v) is 7.45. The Labute approximate surface area is 111 Å². The molecule has 0 unspecified atom stereocenters. The molecule has 18 heavy (non-hydrogen) atoms. The highest BCUT2D eigenvalue weighted by Crippen LogP contribution is 2.19. The van der Waals surface area contributed by atoms with Crippen LogP contribution in [0.25, 0.3) is 0 Å². The van der Waals surface area contributed by atoms with Gasteiger partial charge in [0.05, 0.1) is 0 Å². The molecular weight excluding hydrogens is 220 g/mol. The molecule has 1 saturated heterocycles. The van der Waals surface area contributed by atoms with Crippen molar-refractivity contribution >= 4 is 5.69 Å². The molecule has 0 radical (unpaired) electrons. The molecule has 0 bridgehead atoms. The molecule has 1 fully saturated rings. The molecule has 1 heterocycles. The lowest BCUT2D eigenvalue weighted by Gasteiger charge is -2.27. The van der Waals surface area contributed by atoms with Gasteiger partial charge in [0, 0.05) is 25.3 Å². The highest BCUT2D eigenvalue weighted by atomic mass is 15.1. The minimum absolute atomic E-state index is 0.983. The van der Waals surface area contributed by atoms with E-state index in [1.54, 1.807) is 0 Å². The average Bonchev–Trinajstić information content (AvgIpc) is 2.37. The number of nitrogens with one attached hydrogen (secondary N) is 1. The first-order valence-electron chi connectivity index (χ1n) is 7.45. The Bertz CT molecular complexity index is 323. The Hall–Kier alpha value is -1.02. The molecule has 0 saturated carbocycles. The van der Waals surface area contributed by atoms with Gasteiger partial charge in [-0.2, -0.15) is 0 Å². The van der Waals surface area contributed by atoms with E-state index in [1.165, 1.54) is 56.4 Å². The first kappa shape index (κ1) is 13.4. The van der Waals surface area contributed by atoms with E-state index in [0.717, 1.165) is 13.1 Å². The largest absolute Gasteiger partial charge is 0.372 e. The van der Waals surface area contributed by atoms with Crippen LogP contribution in [0.5, 0.6) is 0 Å². The van der Waals surface area contributed by atoms with Crippen LogP contribution in [0.1, 0.15) is 44.6 Å². The number of hydrogen-bond donors (Lipinski definition) is 1. The lowest BCUT2D eigenvalue weighted by molar-refractivity contribution is 0.556. The van der Waals surface area contributed by atoms with Crippen LogP contribution in [0.15, 0.2) is 24.3 Å². The van der Waals surface area contributed by atoms with Gasteiger partial charge in [-0.25, -0.2) is 0 Å². The maximum atomic E-state index is 3.37. The van der Waals surface area contributed by atoms with Crippen molar-refractivity contribution < 1.29 is 0 Å². The standard InChI is InChI=1S/C16H26N2/c1-2-17-14-15-8-10-16(11-9-15)18-12-6-4-3-5-7-13-18/h8-11,17H,2-7,12-14H2,1H3. The third-order valence-corrected chi connectivity index (χ3v) is 3.74. The maximum Gasteiger partial charge on any atom is 0.0366 e. The molecule has 0 atom stereocenters. The van der Waals surface area contributed by atoms with Gasteiger partial charge in [0.25, 0.3) is 0 Å². The summed E-state index contributed by atoms with van der Waals surface area (Å²) in [6.45, 7) is 6.62. The summed E-state index contributed by atoms with van der Waals surface area (Å²) in [5, 5.41) is 3.37. The fourth-order valence-corrected chi connectivity index (χ4v) is 2.60. The molecule has 2 nitrogen and oxygen atoms in total.